The molecule has 1 aliphatic rings. The Balaban J connectivity index is 1.64. The number of benzene rings is 2. The first-order valence-corrected chi connectivity index (χ1v) is 10.3. The van der Waals surface area contributed by atoms with Crippen LogP contribution in [0.5, 0.6) is 5.75 Å². The van der Waals surface area contributed by atoms with Gasteiger partial charge in [-0.1, -0.05) is 31.2 Å². The summed E-state index contributed by atoms with van der Waals surface area (Å²) in [6, 6.07) is 14.4. The van der Waals surface area contributed by atoms with Crippen molar-refractivity contribution in [1.29, 1.82) is 0 Å². The highest BCUT2D eigenvalue weighted by atomic mass is 19.1. The molecule has 30 heavy (non-hydrogen) atoms. The van der Waals surface area contributed by atoms with Crippen LogP contribution < -0.4 is 4.74 Å². The molecule has 1 unspecified atom stereocenters. The number of tetrazole rings is 1. The maximum atomic E-state index is 13.6. The number of methoxy groups -OCH3 is 1. The van der Waals surface area contributed by atoms with E-state index in [1.54, 1.807) is 7.11 Å². The molecule has 1 aliphatic heterocycles. The number of piperazine rings is 1. The van der Waals surface area contributed by atoms with Gasteiger partial charge in [0.25, 0.3) is 0 Å². The summed E-state index contributed by atoms with van der Waals surface area (Å²) >= 11 is 0. The van der Waals surface area contributed by atoms with Crippen LogP contribution >= 0.6 is 0 Å². The highest BCUT2D eigenvalue weighted by Gasteiger charge is 2.30. The van der Waals surface area contributed by atoms with Crippen molar-refractivity contribution in [1.82, 2.24) is 30.0 Å². The third kappa shape index (κ3) is 4.49. The van der Waals surface area contributed by atoms with Crippen LogP contribution in [0.15, 0.2) is 48.5 Å². The molecular formula is C22H27FN6O. The molecule has 158 valence electrons. The number of likely N-dealkylation sites (N-methyl/N-ethyl adjacent to an activating group) is 1. The number of ether oxygens (including phenoxy) is 1. The van der Waals surface area contributed by atoms with Gasteiger partial charge in [0.15, 0.2) is 5.82 Å². The van der Waals surface area contributed by atoms with E-state index in [1.807, 2.05) is 41.1 Å². The van der Waals surface area contributed by atoms with E-state index in [-0.39, 0.29) is 11.9 Å². The molecule has 4 rings (SSSR count). The molecule has 1 aromatic heterocycles. The second-order valence-electron chi connectivity index (χ2n) is 7.47. The number of rotatable bonds is 7. The molecule has 0 spiro atoms. The van der Waals surface area contributed by atoms with Crippen LogP contribution in [-0.2, 0) is 6.54 Å². The molecule has 2 aromatic carbocycles. The fourth-order valence-electron chi connectivity index (χ4n) is 3.93. The Labute approximate surface area is 176 Å². The second-order valence-corrected chi connectivity index (χ2v) is 7.47. The van der Waals surface area contributed by atoms with Crippen molar-refractivity contribution in [2.75, 3.05) is 39.8 Å². The van der Waals surface area contributed by atoms with Crippen LogP contribution in [0.25, 0.3) is 0 Å². The third-order valence-corrected chi connectivity index (χ3v) is 5.70. The van der Waals surface area contributed by atoms with E-state index in [2.05, 4.69) is 32.2 Å². The van der Waals surface area contributed by atoms with Crippen molar-refractivity contribution in [3.63, 3.8) is 0 Å². The van der Waals surface area contributed by atoms with Gasteiger partial charge in [-0.15, -0.1) is 5.10 Å². The van der Waals surface area contributed by atoms with Crippen molar-refractivity contribution in [3.8, 4) is 5.75 Å². The highest BCUT2D eigenvalue weighted by molar-refractivity contribution is 5.28. The third-order valence-electron chi connectivity index (χ3n) is 5.70. The Hall–Kier alpha value is -2.84. The zero-order valence-corrected chi connectivity index (χ0v) is 17.4. The highest BCUT2D eigenvalue weighted by Crippen LogP contribution is 2.28. The first-order chi connectivity index (χ1) is 14.7. The molecule has 1 atom stereocenters. The molecule has 0 N–H and O–H groups in total. The first-order valence-electron chi connectivity index (χ1n) is 10.3. The van der Waals surface area contributed by atoms with E-state index >= 15 is 0 Å². The van der Waals surface area contributed by atoms with Gasteiger partial charge in [-0.05, 0) is 52.4 Å². The van der Waals surface area contributed by atoms with Crippen molar-refractivity contribution in [2.24, 2.45) is 0 Å². The molecular weight excluding hydrogens is 383 g/mol. The van der Waals surface area contributed by atoms with Crippen LogP contribution in [0.4, 0.5) is 4.39 Å². The first kappa shape index (κ1) is 20.4. The van der Waals surface area contributed by atoms with Crippen LogP contribution in [0.2, 0.25) is 0 Å². The Morgan fingerprint density at radius 3 is 2.33 bits per heavy atom. The van der Waals surface area contributed by atoms with Gasteiger partial charge in [0.2, 0.25) is 0 Å². The van der Waals surface area contributed by atoms with Gasteiger partial charge in [-0.2, -0.15) is 0 Å². The van der Waals surface area contributed by atoms with E-state index in [4.69, 9.17) is 4.74 Å². The standard InChI is InChI=1S/C22H27FN6O/c1-3-27-12-14-28(15-13-27)21(18-6-8-19(23)9-7-18)22-24-25-26-29(22)16-17-4-10-20(30-2)11-5-17/h4-11,21H,3,12-16H2,1-2H3. The van der Waals surface area contributed by atoms with Gasteiger partial charge in [0, 0.05) is 26.2 Å². The topological polar surface area (TPSA) is 59.3 Å². The summed E-state index contributed by atoms with van der Waals surface area (Å²) in [5.41, 5.74) is 2.07. The fraction of sp³-hybridized carbons (Fsp3) is 0.409. The Kier molecular flexibility index (Phi) is 6.35. The quantitative estimate of drug-likeness (QED) is 0.597. The van der Waals surface area contributed by atoms with Crippen LogP contribution in [0, 0.1) is 5.82 Å². The van der Waals surface area contributed by atoms with Gasteiger partial charge in [-0.3, -0.25) is 4.90 Å². The van der Waals surface area contributed by atoms with Crippen LogP contribution in [-0.4, -0.2) is 69.8 Å². The maximum absolute atomic E-state index is 13.6. The summed E-state index contributed by atoms with van der Waals surface area (Å²) in [4.78, 5) is 4.81. The van der Waals surface area contributed by atoms with Crippen molar-refractivity contribution in [2.45, 2.75) is 19.5 Å². The van der Waals surface area contributed by atoms with Crippen molar-refractivity contribution >= 4 is 0 Å². The molecule has 0 radical (unpaired) electrons. The summed E-state index contributed by atoms with van der Waals surface area (Å²) in [5.74, 6) is 1.34. The molecule has 0 saturated carbocycles. The Bertz CT molecular complexity index is 935. The van der Waals surface area contributed by atoms with Crippen LogP contribution in [0.1, 0.15) is 29.9 Å². The van der Waals surface area contributed by atoms with Gasteiger partial charge in [0.05, 0.1) is 19.7 Å². The van der Waals surface area contributed by atoms with E-state index in [1.165, 1.54) is 12.1 Å². The monoisotopic (exact) mass is 410 g/mol. The molecule has 2 heterocycles. The predicted octanol–water partition coefficient (Wildman–Crippen LogP) is 2.60. The summed E-state index contributed by atoms with van der Waals surface area (Å²) in [5, 5.41) is 12.6. The minimum Gasteiger partial charge on any atom is -0.497 e. The summed E-state index contributed by atoms with van der Waals surface area (Å²) in [6.07, 6.45) is 0. The Morgan fingerprint density at radius 1 is 1.00 bits per heavy atom. The molecule has 1 fully saturated rings. The number of aromatic nitrogens is 4. The minimum atomic E-state index is -0.244. The Morgan fingerprint density at radius 2 is 1.70 bits per heavy atom. The summed E-state index contributed by atoms with van der Waals surface area (Å²) in [6.45, 7) is 7.59. The number of halogens is 1. The molecule has 3 aromatic rings. The van der Waals surface area contributed by atoms with E-state index in [0.717, 1.165) is 55.4 Å². The molecule has 0 aliphatic carbocycles. The van der Waals surface area contributed by atoms with Gasteiger partial charge in [0.1, 0.15) is 11.6 Å². The average molecular weight is 410 g/mol. The fourth-order valence-corrected chi connectivity index (χ4v) is 3.93. The van der Waals surface area contributed by atoms with E-state index in [0.29, 0.717) is 6.54 Å². The van der Waals surface area contributed by atoms with Crippen LogP contribution in [0.3, 0.4) is 0 Å². The molecule has 8 heteroatoms. The lowest BCUT2D eigenvalue weighted by Crippen LogP contribution is -2.48. The number of hydrogen-bond acceptors (Lipinski definition) is 6. The van der Waals surface area contributed by atoms with Gasteiger partial charge in [-0.25, -0.2) is 9.07 Å². The molecule has 7 nitrogen and oxygen atoms in total. The van der Waals surface area contributed by atoms with Crippen molar-refractivity contribution < 1.29 is 9.13 Å². The normalized spacial score (nSPS) is 16.5. The van der Waals surface area contributed by atoms with Crippen molar-refractivity contribution in [3.05, 3.63) is 71.3 Å². The SMILES string of the molecule is CCN1CCN(C(c2ccc(F)cc2)c2nnnn2Cc2ccc(OC)cc2)CC1. The van der Waals surface area contributed by atoms with Gasteiger partial charge >= 0.3 is 0 Å². The lowest BCUT2D eigenvalue weighted by Gasteiger charge is -2.38. The zero-order valence-electron chi connectivity index (χ0n) is 17.4. The van der Waals surface area contributed by atoms with E-state index < -0.39 is 0 Å². The molecule has 0 bridgehead atoms. The zero-order chi connectivity index (χ0) is 20.9. The summed E-state index contributed by atoms with van der Waals surface area (Å²) < 4.78 is 20.7. The lowest BCUT2D eigenvalue weighted by molar-refractivity contribution is 0.108. The largest absolute Gasteiger partial charge is 0.497 e. The minimum absolute atomic E-state index is 0.127. The maximum Gasteiger partial charge on any atom is 0.173 e. The van der Waals surface area contributed by atoms with E-state index in [9.17, 15) is 4.39 Å². The smallest absolute Gasteiger partial charge is 0.173 e. The number of hydrogen-bond donors (Lipinski definition) is 0. The van der Waals surface area contributed by atoms with Gasteiger partial charge < -0.3 is 9.64 Å². The average Bonchev–Trinajstić information content (AvgIpc) is 3.24. The summed E-state index contributed by atoms with van der Waals surface area (Å²) in [7, 11) is 1.65. The number of nitrogens with zero attached hydrogens (tertiary/aromatic N) is 6. The molecule has 0 amide bonds. The molecule has 1 saturated heterocycles. The predicted molar refractivity (Wildman–Crippen MR) is 112 cm³/mol. The second kappa shape index (κ2) is 9.32. The lowest BCUT2D eigenvalue weighted by atomic mass is 10.0.